The molecule has 0 radical (unpaired) electrons. The van der Waals surface area contributed by atoms with E-state index in [0.717, 1.165) is 6.07 Å². The average Bonchev–Trinajstić information content (AvgIpc) is 2.65. The zero-order valence-corrected chi connectivity index (χ0v) is 16.1. The van der Waals surface area contributed by atoms with Crippen LogP contribution in [0, 0.1) is 17.0 Å². The Morgan fingerprint density at radius 2 is 1.86 bits per heavy atom. The third kappa shape index (κ3) is 4.14. The van der Waals surface area contributed by atoms with Gasteiger partial charge in [-0.15, -0.1) is 0 Å². The minimum absolute atomic E-state index is 0.0764. The summed E-state index contributed by atoms with van der Waals surface area (Å²) in [5.41, 5.74) is -0.200. The molecule has 0 unspecified atom stereocenters. The second kappa shape index (κ2) is 8.13. The molecule has 0 atom stereocenters. The fraction of sp³-hybridized carbons (Fsp3) is 0.235. The molecule has 0 saturated carbocycles. The van der Waals surface area contributed by atoms with Crippen molar-refractivity contribution in [2.75, 3.05) is 25.1 Å². The van der Waals surface area contributed by atoms with E-state index in [4.69, 9.17) is 9.47 Å². The molecule has 150 valence electrons. The number of hydrogen-bond acceptors (Lipinski definition) is 7. The molecule has 0 saturated heterocycles. The van der Waals surface area contributed by atoms with E-state index < -0.39 is 38.0 Å². The van der Waals surface area contributed by atoms with E-state index >= 15 is 0 Å². The van der Waals surface area contributed by atoms with E-state index in [-0.39, 0.29) is 22.7 Å². The first-order valence-corrected chi connectivity index (χ1v) is 9.27. The molecule has 0 fully saturated rings. The summed E-state index contributed by atoms with van der Waals surface area (Å²) >= 11 is 0. The summed E-state index contributed by atoms with van der Waals surface area (Å²) in [6.07, 6.45) is 0. The molecular weight excluding hydrogens is 392 g/mol. The van der Waals surface area contributed by atoms with Gasteiger partial charge in [0, 0.05) is 17.7 Å². The highest BCUT2D eigenvalue weighted by Crippen LogP contribution is 2.36. The highest BCUT2D eigenvalue weighted by molar-refractivity contribution is 7.92. The molecule has 2 aromatic rings. The van der Waals surface area contributed by atoms with Crippen molar-refractivity contribution in [1.82, 2.24) is 0 Å². The Morgan fingerprint density at radius 3 is 2.39 bits per heavy atom. The summed E-state index contributed by atoms with van der Waals surface area (Å²) in [6.45, 7) is 0.544. The zero-order valence-electron chi connectivity index (χ0n) is 15.3. The number of aryl methyl sites for hydroxylation is 1. The SMILES string of the molecule is COc1ccc(OC)c(N(CC(=O)O)S(=O)(=O)c2ccc(C)c([N+](=O)[O-])c2)c1. The third-order valence-electron chi connectivity index (χ3n) is 3.90. The van der Waals surface area contributed by atoms with Crippen LogP contribution in [0.15, 0.2) is 41.3 Å². The normalized spacial score (nSPS) is 11.0. The van der Waals surface area contributed by atoms with Gasteiger partial charge in [0.2, 0.25) is 0 Å². The lowest BCUT2D eigenvalue weighted by atomic mass is 10.2. The van der Waals surface area contributed by atoms with Crippen molar-refractivity contribution in [2.45, 2.75) is 11.8 Å². The van der Waals surface area contributed by atoms with E-state index in [9.17, 15) is 28.4 Å². The van der Waals surface area contributed by atoms with Gasteiger partial charge in [0.05, 0.1) is 29.7 Å². The van der Waals surface area contributed by atoms with Crippen molar-refractivity contribution in [3.8, 4) is 11.5 Å². The summed E-state index contributed by atoms with van der Waals surface area (Å²) in [4.78, 5) is 21.4. The first-order chi connectivity index (χ1) is 13.1. The number of carboxylic acid groups (broad SMARTS) is 1. The van der Waals surface area contributed by atoms with E-state index in [0.29, 0.717) is 4.31 Å². The topological polar surface area (TPSA) is 136 Å². The quantitative estimate of drug-likeness (QED) is 0.517. The summed E-state index contributed by atoms with van der Waals surface area (Å²) in [5, 5.41) is 20.4. The highest BCUT2D eigenvalue weighted by Gasteiger charge is 2.31. The van der Waals surface area contributed by atoms with Crippen LogP contribution < -0.4 is 13.8 Å². The molecular formula is C17H18N2O8S. The number of anilines is 1. The standard InChI is InChI=1S/C17H18N2O8S/c1-11-4-6-13(9-14(11)19(22)23)28(24,25)18(10-17(20)21)15-8-12(26-2)5-7-16(15)27-3/h4-9H,10H2,1-3H3,(H,20,21). The molecule has 0 spiro atoms. The number of nitro benzene ring substituents is 1. The molecule has 0 amide bonds. The Morgan fingerprint density at radius 1 is 1.18 bits per heavy atom. The number of methoxy groups -OCH3 is 2. The molecule has 2 rings (SSSR count). The van der Waals surface area contributed by atoms with E-state index in [1.165, 1.54) is 51.5 Å². The number of carbonyl (C=O) groups is 1. The van der Waals surface area contributed by atoms with Gasteiger partial charge in [-0.1, -0.05) is 6.07 Å². The molecule has 0 aliphatic carbocycles. The minimum Gasteiger partial charge on any atom is -0.497 e. The molecule has 0 heterocycles. The second-order valence-corrected chi connectivity index (χ2v) is 7.51. The van der Waals surface area contributed by atoms with Crippen molar-refractivity contribution in [3.63, 3.8) is 0 Å². The van der Waals surface area contributed by atoms with E-state index in [2.05, 4.69) is 0 Å². The molecule has 0 aliphatic rings. The lowest BCUT2D eigenvalue weighted by Gasteiger charge is -2.25. The van der Waals surface area contributed by atoms with Crippen molar-refractivity contribution in [2.24, 2.45) is 0 Å². The van der Waals surface area contributed by atoms with Gasteiger partial charge in [0.1, 0.15) is 18.0 Å². The molecule has 0 aliphatic heterocycles. The fourth-order valence-electron chi connectivity index (χ4n) is 2.49. The van der Waals surface area contributed by atoms with Crippen LogP contribution in [0.5, 0.6) is 11.5 Å². The number of nitrogens with zero attached hydrogens (tertiary/aromatic N) is 2. The molecule has 2 aromatic carbocycles. The monoisotopic (exact) mass is 410 g/mol. The van der Waals surface area contributed by atoms with Crippen LogP contribution in [0.1, 0.15) is 5.56 Å². The zero-order chi connectivity index (χ0) is 21.1. The number of nitro groups is 1. The predicted molar refractivity (Wildman–Crippen MR) is 99.5 cm³/mol. The number of carboxylic acids is 1. The van der Waals surface area contributed by atoms with Crippen LogP contribution in [0.4, 0.5) is 11.4 Å². The molecule has 10 nitrogen and oxygen atoms in total. The number of ether oxygens (including phenoxy) is 2. The minimum atomic E-state index is -4.47. The third-order valence-corrected chi connectivity index (χ3v) is 5.65. The largest absolute Gasteiger partial charge is 0.497 e. The first kappa shape index (κ1) is 21.0. The van der Waals surface area contributed by atoms with Crippen LogP contribution in [0.3, 0.4) is 0 Å². The van der Waals surface area contributed by atoms with Crippen molar-refractivity contribution in [1.29, 1.82) is 0 Å². The number of rotatable bonds is 8. The van der Waals surface area contributed by atoms with Crippen molar-refractivity contribution < 1.29 is 32.7 Å². The second-order valence-electron chi connectivity index (χ2n) is 5.65. The maximum Gasteiger partial charge on any atom is 0.324 e. The molecule has 0 aromatic heterocycles. The highest BCUT2D eigenvalue weighted by atomic mass is 32.2. The van der Waals surface area contributed by atoms with Gasteiger partial charge in [-0.2, -0.15) is 0 Å². The number of hydrogen-bond donors (Lipinski definition) is 1. The lowest BCUT2D eigenvalue weighted by molar-refractivity contribution is -0.385. The van der Waals surface area contributed by atoms with Crippen LogP contribution in [-0.4, -0.2) is 45.2 Å². The molecule has 11 heteroatoms. The number of sulfonamides is 1. The van der Waals surface area contributed by atoms with Gasteiger partial charge in [-0.3, -0.25) is 19.2 Å². The Balaban J connectivity index is 2.71. The number of aliphatic carboxylic acids is 1. The van der Waals surface area contributed by atoms with Gasteiger partial charge in [-0.05, 0) is 25.1 Å². The summed E-state index contributed by atoms with van der Waals surface area (Å²) in [5.74, 6) is -1.06. The van der Waals surface area contributed by atoms with Crippen LogP contribution >= 0.6 is 0 Å². The molecule has 28 heavy (non-hydrogen) atoms. The summed E-state index contributed by atoms with van der Waals surface area (Å²) < 4.78 is 37.2. The van der Waals surface area contributed by atoms with Gasteiger partial charge in [0.15, 0.2) is 0 Å². The van der Waals surface area contributed by atoms with Gasteiger partial charge in [-0.25, -0.2) is 8.42 Å². The average molecular weight is 410 g/mol. The number of benzene rings is 2. The Kier molecular flexibility index (Phi) is 6.09. The lowest BCUT2D eigenvalue weighted by Crippen LogP contribution is -2.36. The maximum atomic E-state index is 13.2. The first-order valence-electron chi connectivity index (χ1n) is 7.83. The maximum absolute atomic E-state index is 13.2. The van der Waals surface area contributed by atoms with Crippen LogP contribution in [0.2, 0.25) is 0 Å². The van der Waals surface area contributed by atoms with Crippen molar-refractivity contribution in [3.05, 3.63) is 52.1 Å². The Labute approximate surface area is 161 Å². The van der Waals surface area contributed by atoms with Crippen LogP contribution in [-0.2, 0) is 14.8 Å². The van der Waals surface area contributed by atoms with Gasteiger partial charge in [0.25, 0.3) is 15.7 Å². The van der Waals surface area contributed by atoms with Gasteiger partial charge < -0.3 is 14.6 Å². The van der Waals surface area contributed by atoms with E-state index in [1.807, 2.05) is 0 Å². The predicted octanol–water partition coefficient (Wildman–Crippen LogP) is 2.20. The van der Waals surface area contributed by atoms with E-state index in [1.54, 1.807) is 0 Å². The van der Waals surface area contributed by atoms with Crippen LogP contribution in [0.25, 0.3) is 0 Å². The fourth-order valence-corrected chi connectivity index (χ4v) is 3.92. The van der Waals surface area contributed by atoms with Gasteiger partial charge >= 0.3 is 5.97 Å². The smallest absolute Gasteiger partial charge is 0.324 e. The Bertz CT molecular complexity index is 1020. The summed E-state index contributed by atoms with van der Waals surface area (Å²) in [7, 11) is -1.80. The molecule has 1 N–H and O–H groups in total. The summed E-state index contributed by atoms with van der Waals surface area (Å²) in [6, 6.07) is 7.61. The Hall–Kier alpha value is -3.34. The molecule has 0 bridgehead atoms. The van der Waals surface area contributed by atoms with Crippen molar-refractivity contribution >= 4 is 27.4 Å².